The first-order valence-electron chi connectivity index (χ1n) is 7.09. The molecule has 0 amide bonds. The molecule has 0 bridgehead atoms. The first-order chi connectivity index (χ1) is 10.7. The van der Waals surface area contributed by atoms with Gasteiger partial charge in [0.1, 0.15) is 12.1 Å². The number of nitriles is 1. The average molecular weight is 315 g/mol. The fourth-order valence-electron chi connectivity index (χ4n) is 2.49. The zero-order chi connectivity index (χ0) is 15.5. The number of nitrogens with zero attached hydrogens (tertiary/aromatic N) is 7. The van der Waals surface area contributed by atoms with Crippen molar-refractivity contribution >= 4 is 18.0 Å². The molecule has 2 aromatic heterocycles. The van der Waals surface area contributed by atoms with E-state index in [2.05, 4.69) is 26.0 Å². The van der Waals surface area contributed by atoms with Gasteiger partial charge < -0.3 is 9.47 Å². The first-order valence-corrected chi connectivity index (χ1v) is 7.50. The maximum Gasteiger partial charge on any atom is 0.198 e. The van der Waals surface area contributed by atoms with Gasteiger partial charge in [-0.1, -0.05) is 0 Å². The van der Waals surface area contributed by atoms with E-state index in [1.165, 1.54) is 0 Å². The number of rotatable bonds is 3. The largest absolute Gasteiger partial charge is 0.354 e. The third-order valence-corrected chi connectivity index (χ3v) is 4.29. The number of aryl methyl sites for hydroxylation is 1. The molecule has 1 aliphatic heterocycles. The Hall–Kier alpha value is -2.24. The molecule has 0 N–H and O–H groups in total. The highest BCUT2D eigenvalue weighted by molar-refractivity contribution is 7.71. The third kappa shape index (κ3) is 3.00. The van der Waals surface area contributed by atoms with Gasteiger partial charge in [-0.3, -0.25) is 4.90 Å². The summed E-state index contributed by atoms with van der Waals surface area (Å²) in [6.45, 7) is 4.29. The van der Waals surface area contributed by atoms with Gasteiger partial charge >= 0.3 is 0 Å². The molecule has 7 nitrogen and oxygen atoms in total. The van der Waals surface area contributed by atoms with Crippen molar-refractivity contribution in [1.82, 2.24) is 24.2 Å². The molecule has 8 heteroatoms. The van der Waals surface area contributed by atoms with Crippen LogP contribution in [-0.4, -0.2) is 50.4 Å². The molecule has 0 atom stereocenters. The van der Waals surface area contributed by atoms with Crippen LogP contribution in [-0.2, 0) is 13.7 Å². The van der Waals surface area contributed by atoms with Gasteiger partial charge in [0.2, 0.25) is 0 Å². The van der Waals surface area contributed by atoms with Gasteiger partial charge in [0.25, 0.3) is 0 Å². The summed E-state index contributed by atoms with van der Waals surface area (Å²) in [6.07, 6.45) is 3.42. The number of hydrogen-bond donors (Lipinski definition) is 0. The minimum absolute atomic E-state index is 0.646. The van der Waals surface area contributed by atoms with Gasteiger partial charge in [0.05, 0.1) is 18.3 Å². The highest BCUT2D eigenvalue weighted by atomic mass is 32.1. The van der Waals surface area contributed by atoms with E-state index in [9.17, 15) is 0 Å². The topological polar surface area (TPSA) is 65.9 Å². The number of anilines is 1. The Morgan fingerprint density at radius 2 is 2.09 bits per heavy atom. The molecule has 1 aliphatic rings. The SMILES string of the molecule is Cn1cnn(CN2CCN(c3cc(C#N)ccn3)CC2)c1=S. The van der Waals surface area contributed by atoms with Gasteiger partial charge in [-0.15, -0.1) is 0 Å². The minimum atomic E-state index is 0.646. The van der Waals surface area contributed by atoms with Gasteiger partial charge in [-0.25, -0.2) is 9.67 Å². The summed E-state index contributed by atoms with van der Waals surface area (Å²) in [5.74, 6) is 0.869. The van der Waals surface area contributed by atoms with Crippen molar-refractivity contribution in [3.8, 4) is 6.07 Å². The zero-order valence-electron chi connectivity index (χ0n) is 12.4. The van der Waals surface area contributed by atoms with Crippen molar-refractivity contribution in [1.29, 1.82) is 5.26 Å². The van der Waals surface area contributed by atoms with Crippen LogP contribution in [0.1, 0.15) is 5.56 Å². The fourth-order valence-corrected chi connectivity index (χ4v) is 2.64. The van der Waals surface area contributed by atoms with Crippen molar-refractivity contribution in [3.05, 3.63) is 35.0 Å². The summed E-state index contributed by atoms with van der Waals surface area (Å²) >= 11 is 5.31. The summed E-state index contributed by atoms with van der Waals surface area (Å²) in [5, 5.41) is 13.2. The second-order valence-electron chi connectivity index (χ2n) is 5.28. The molecule has 0 aliphatic carbocycles. The van der Waals surface area contributed by atoms with E-state index in [1.807, 2.05) is 22.4 Å². The summed E-state index contributed by atoms with van der Waals surface area (Å²) in [6, 6.07) is 5.72. The molecule has 3 heterocycles. The number of aromatic nitrogens is 4. The van der Waals surface area contributed by atoms with Crippen LogP contribution in [0.3, 0.4) is 0 Å². The van der Waals surface area contributed by atoms with Crippen molar-refractivity contribution in [2.24, 2.45) is 7.05 Å². The predicted molar refractivity (Wildman–Crippen MR) is 84.8 cm³/mol. The van der Waals surface area contributed by atoms with Crippen LogP contribution < -0.4 is 4.90 Å². The Balaban J connectivity index is 1.61. The average Bonchev–Trinajstić information content (AvgIpc) is 2.88. The van der Waals surface area contributed by atoms with E-state index in [0.29, 0.717) is 12.2 Å². The van der Waals surface area contributed by atoms with Crippen LogP contribution >= 0.6 is 12.2 Å². The molecular weight excluding hydrogens is 298 g/mol. The van der Waals surface area contributed by atoms with Gasteiger partial charge in [-0.2, -0.15) is 10.4 Å². The number of piperazine rings is 1. The molecular formula is C14H17N7S. The Morgan fingerprint density at radius 3 is 2.73 bits per heavy atom. The minimum Gasteiger partial charge on any atom is -0.354 e. The molecule has 22 heavy (non-hydrogen) atoms. The molecule has 3 rings (SSSR count). The second kappa shape index (κ2) is 6.25. The van der Waals surface area contributed by atoms with Crippen LogP contribution in [0, 0.1) is 16.1 Å². The van der Waals surface area contributed by atoms with E-state index in [0.717, 1.165) is 36.8 Å². The van der Waals surface area contributed by atoms with Crippen LogP contribution in [0.25, 0.3) is 0 Å². The van der Waals surface area contributed by atoms with Gasteiger partial charge in [-0.05, 0) is 24.4 Å². The summed E-state index contributed by atoms with van der Waals surface area (Å²) in [7, 11) is 1.90. The zero-order valence-corrected chi connectivity index (χ0v) is 13.2. The van der Waals surface area contributed by atoms with Crippen molar-refractivity contribution in [3.63, 3.8) is 0 Å². The summed E-state index contributed by atoms with van der Waals surface area (Å²) < 4.78 is 4.40. The Morgan fingerprint density at radius 1 is 1.32 bits per heavy atom. The van der Waals surface area contributed by atoms with Gasteiger partial charge in [0.15, 0.2) is 4.77 Å². The van der Waals surface area contributed by atoms with Crippen molar-refractivity contribution in [2.75, 3.05) is 31.1 Å². The lowest BCUT2D eigenvalue weighted by molar-refractivity contribution is 0.194. The highest BCUT2D eigenvalue weighted by Gasteiger charge is 2.19. The Labute approximate surface area is 134 Å². The normalized spacial score (nSPS) is 15.7. The van der Waals surface area contributed by atoms with Crippen LogP contribution in [0.4, 0.5) is 5.82 Å². The van der Waals surface area contributed by atoms with Crippen LogP contribution in [0.5, 0.6) is 0 Å². The second-order valence-corrected chi connectivity index (χ2v) is 5.65. The van der Waals surface area contributed by atoms with Gasteiger partial charge in [0, 0.05) is 39.4 Å². The van der Waals surface area contributed by atoms with E-state index in [-0.39, 0.29) is 0 Å². The first kappa shape index (κ1) is 14.7. The van der Waals surface area contributed by atoms with Crippen molar-refractivity contribution in [2.45, 2.75) is 6.67 Å². The predicted octanol–water partition coefficient (Wildman–Crippen LogP) is 0.997. The maximum absolute atomic E-state index is 8.97. The Kier molecular flexibility index (Phi) is 4.18. The smallest absolute Gasteiger partial charge is 0.198 e. The lowest BCUT2D eigenvalue weighted by Crippen LogP contribution is -2.47. The molecule has 1 saturated heterocycles. The quantitative estimate of drug-likeness (QED) is 0.787. The molecule has 1 fully saturated rings. The van der Waals surface area contributed by atoms with Crippen molar-refractivity contribution < 1.29 is 0 Å². The maximum atomic E-state index is 8.97. The van der Waals surface area contributed by atoms with Crippen LogP contribution in [0.15, 0.2) is 24.7 Å². The molecule has 0 unspecified atom stereocenters. The van der Waals surface area contributed by atoms with E-state index in [4.69, 9.17) is 17.5 Å². The summed E-state index contributed by atoms with van der Waals surface area (Å²) in [5.41, 5.74) is 0.646. The fraction of sp³-hybridized carbons (Fsp3) is 0.429. The number of pyridine rings is 1. The monoisotopic (exact) mass is 315 g/mol. The lowest BCUT2D eigenvalue weighted by atomic mass is 10.2. The molecule has 0 radical (unpaired) electrons. The third-order valence-electron chi connectivity index (χ3n) is 3.79. The molecule has 0 spiro atoms. The molecule has 114 valence electrons. The molecule has 0 saturated carbocycles. The van der Waals surface area contributed by atoms with E-state index in [1.54, 1.807) is 18.6 Å². The van der Waals surface area contributed by atoms with E-state index < -0.39 is 0 Å². The summed E-state index contributed by atoms with van der Waals surface area (Å²) in [4.78, 5) is 8.87. The molecule has 2 aromatic rings. The number of hydrogen-bond acceptors (Lipinski definition) is 6. The standard InChI is InChI=1S/C14H17N7S/c1-18-10-17-21(14(18)22)11-19-4-6-20(7-5-19)13-8-12(9-15)2-3-16-13/h2-3,8,10H,4-7,11H2,1H3. The highest BCUT2D eigenvalue weighted by Crippen LogP contribution is 2.15. The Bertz CT molecular complexity index is 749. The van der Waals surface area contributed by atoms with Crippen LogP contribution in [0.2, 0.25) is 0 Å². The van der Waals surface area contributed by atoms with E-state index >= 15 is 0 Å². The molecule has 0 aromatic carbocycles. The lowest BCUT2D eigenvalue weighted by Gasteiger charge is -2.35.